The SMILES string of the molecule is CNc1conc1C1c2ccccc2C(C)C1C. The van der Waals surface area contributed by atoms with Crippen LogP contribution in [-0.4, -0.2) is 12.2 Å². The van der Waals surface area contributed by atoms with E-state index in [4.69, 9.17) is 4.52 Å². The van der Waals surface area contributed by atoms with Gasteiger partial charge in [0.15, 0.2) is 0 Å². The fourth-order valence-corrected chi connectivity index (χ4v) is 3.12. The van der Waals surface area contributed by atoms with E-state index in [-0.39, 0.29) is 0 Å². The molecule has 3 unspecified atom stereocenters. The Labute approximate surface area is 107 Å². The van der Waals surface area contributed by atoms with E-state index in [1.165, 1.54) is 11.1 Å². The van der Waals surface area contributed by atoms with Crippen LogP contribution in [-0.2, 0) is 0 Å². The molecule has 0 fully saturated rings. The number of anilines is 1. The molecule has 1 heterocycles. The second kappa shape index (κ2) is 4.16. The highest BCUT2D eigenvalue weighted by atomic mass is 16.5. The van der Waals surface area contributed by atoms with Gasteiger partial charge < -0.3 is 9.84 Å². The summed E-state index contributed by atoms with van der Waals surface area (Å²) >= 11 is 0. The largest absolute Gasteiger partial charge is 0.384 e. The van der Waals surface area contributed by atoms with E-state index in [0.29, 0.717) is 17.8 Å². The first kappa shape index (κ1) is 11.3. The van der Waals surface area contributed by atoms with Gasteiger partial charge in [-0.2, -0.15) is 0 Å². The minimum atomic E-state index is 0.331. The Morgan fingerprint density at radius 3 is 2.61 bits per heavy atom. The van der Waals surface area contributed by atoms with Crippen LogP contribution in [0.25, 0.3) is 0 Å². The lowest BCUT2D eigenvalue weighted by Gasteiger charge is -2.17. The lowest BCUT2D eigenvalue weighted by molar-refractivity contribution is 0.393. The maximum Gasteiger partial charge on any atom is 0.147 e. The average molecular weight is 242 g/mol. The van der Waals surface area contributed by atoms with Crippen molar-refractivity contribution in [3.8, 4) is 0 Å². The molecule has 0 spiro atoms. The molecule has 1 N–H and O–H groups in total. The van der Waals surface area contributed by atoms with Crippen LogP contribution in [0.1, 0.15) is 42.5 Å². The van der Waals surface area contributed by atoms with Crippen molar-refractivity contribution in [1.82, 2.24) is 5.16 Å². The summed E-state index contributed by atoms with van der Waals surface area (Å²) in [6.07, 6.45) is 1.69. The molecule has 0 amide bonds. The van der Waals surface area contributed by atoms with Crippen LogP contribution in [0.5, 0.6) is 0 Å². The zero-order valence-corrected chi connectivity index (χ0v) is 11.0. The van der Waals surface area contributed by atoms with Crippen molar-refractivity contribution < 1.29 is 4.52 Å². The van der Waals surface area contributed by atoms with Crippen molar-refractivity contribution in [3.05, 3.63) is 47.3 Å². The zero-order chi connectivity index (χ0) is 12.7. The molecule has 0 aliphatic heterocycles. The Bertz CT molecular complexity index is 561. The fourth-order valence-electron chi connectivity index (χ4n) is 3.12. The molecule has 0 saturated carbocycles. The van der Waals surface area contributed by atoms with E-state index in [1.807, 2.05) is 7.05 Å². The van der Waals surface area contributed by atoms with Gasteiger partial charge in [-0.25, -0.2) is 0 Å². The molecule has 3 heteroatoms. The van der Waals surface area contributed by atoms with Gasteiger partial charge in [-0.05, 0) is 23.0 Å². The summed E-state index contributed by atoms with van der Waals surface area (Å²) < 4.78 is 5.14. The third kappa shape index (κ3) is 1.47. The molecule has 1 aromatic heterocycles. The van der Waals surface area contributed by atoms with Crippen LogP contribution in [0.2, 0.25) is 0 Å². The van der Waals surface area contributed by atoms with Gasteiger partial charge in [0.1, 0.15) is 12.0 Å². The smallest absolute Gasteiger partial charge is 0.147 e. The van der Waals surface area contributed by atoms with E-state index < -0.39 is 0 Å². The van der Waals surface area contributed by atoms with Crippen molar-refractivity contribution in [2.75, 3.05) is 12.4 Å². The molecule has 94 valence electrons. The molecular weight excluding hydrogens is 224 g/mol. The van der Waals surface area contributed by atoms with E-state index in [2.05, 4.69) is 48.6 Å². The van der Waals surface area contributed by atoms with Crippen molar-refractivity contribution in [1.29, 1.82) is 0 Å². The third-order valence-electron chi connectivity index (χ3n) is 4.30. The number of hydrogen-bond donors (Lipinski definition) is 1. The van der Waals surface area contributed by atoms with Crippen LogP contribution >= 0.6 is 0 Å². The minimum Gasteiger partial charge on any atom is -0.384 e. The average Bonchev–Trinajstić information content (AvgIpc) is 2.95. The van der Waals surface area contributed by atoms with Crippen LogP contribution in [0.3, 0.4) is 0 Å². The first-order chi connectivity index (χ1) is 8.74. The molecule has 2 aromatic rings. The lowest BCUT2D eigenvalue weighted by Crippen LogP contribution is -2.10. The van der Waals surface area contributed by atoms with Gasteiger partial charge in [0.2, 0.25) is 0 Å². The minimum absolute atomic E-state index is 0.331. The summed E-state index contributed by atoms with van der Waals surface area (Å²) in [6, 6.07) is 8.67. The highest BCUT2D eigenvalue weighted by molar-refractivity contribution is 5.53. The summed E-state index contributed by atoms with van der Waals surface area (Å²) in [5.74, 6) is 1.43. The van der Waals surface area contributed by atoms with Crippen LogP contribution in [0.4, 0.5) is 5.69 Å². The zero-order valence-electron chi connectivity index (χ0n) is 11.0. The molecule has 1 aromatic carbocycles. The van der Waals surface area contributed by atoms with Crippen molar-refractivity contribution >= 4 is 5.69 Å². The van der Waals surface area contributed by atoms with Gasteiger partial charge >= 0.3 is 0 Å². The van der Waals surface area contributed by atoms with Crippen LogP contribution in [0, 0.1) is 5.92 Å². The van der Waals surface area contributed by atoms with Gasteiger partial charge in [0.25, 0.3) is 0 Å². The summed E-state index contributed by atoms with van der Waals surface area (Å²) in [5, 5.41) is 7.38. The van der Waals surface area contributed by atoms with Gasteiger partial charge in [0, 0.05) is 13.0 Å². The standard InChI is InChI=1S/C15H18N2O/c1-9-10(2)14(12-7-5-4-6-11(9)12)15-13(16-3)8-18-17-15/h4-10,14,16H,1-3H3. The molecule has 0 radical (unpaired) electrons. The summed E-state index contributed by atoms with van der Waals surface area (Å²) in [7, 11) is 1.91. The second-order valence-corrected chi connectivity index (χ2v) is 5.12. The number of rotatable bonds is 2. The predicted molar refractivity (Wildman–Crippen MR) is 71.9 cm³/mol. The molecule has 0 saturated heterocycles. The second-order valence-electron chi connectivity index (χ2n) is 5.12. The van der Waals surface area contributed by atoms with Crippen LogP contribution < -0.4 is 5.32 Å². The Balaban J connectivity index is 2.13. The third-order valence-corrected chi connectivity index (χ3v) is 4.30. The summed E-state index contributed by atoms with van der Waals surface area (Å²) in [4.78, 5) is 0. The maximum absolute atomic E-state index is 5.14. The van der Waals surface area contributed by atoms with Gasteiger partial charge in [-0.1, -0.05) is 43.3 Å². The molecule has 3 rings (SSSR count). The van der Waals surface area contributed by atoms with Crippen molar-refractivity contribution in [2.45, 2.75) is 25.7 Å². The number of nitrogens with one attached hydrogen (secondary N) is 1. The Hall–Kier alpha value is -1.77. The van der Waals surface area contributed by atoms with Gasteiger partial charge in [0.05, 0.1) is 5.69 Å². The molecular formula is C15H18N2O. The van der Waals surface area contributed by atoms with E-state index >= 15 is 0 Å². The highest BCUT2D eigenvalue weighted by Crippen LogP contribution is 2.50. The predicted octanol–water partition coefficient (Wildman–Crippen LogP) is 3.60. The Morgan fingerprint density at radius 1 is 1.17 bits per heavy atom. The van der Waals surface area contributed by atoms with Gasteiger partial charge in [-0.15, -0.1) is 0 Å². The molecule has 1 aliphatic carbocycles. The topological polar surface area (TPSA) is 38.1 Å². The first-order valence-corrected chi connectivity index (χ1v) is 6.45. The number of aromatic nitrogens is 1. The Kier molecular flexibility index (Phi) is 2.62. The van der Waals surface area contributed by atoms with E-state index in [0.717, 1.165) is 11.4 Å². The van der Waals surface area contributed by atoms with E-state index in [1.54, 1.807) is 6.26 Å². The highest BCUT2D eigenvalue weighted by Gasteiger charge is 2.38. The maximum atomic E-state index is 5.14. The molecule has 18 heavy (non-hydrogen) atoms. The van der Waals surface area contributed by atoms with Crippen LogP contribution in [0.15, 0.2) is 35.1 Å². The molecule has 0 bridgehead atoms. The Morgan fingerprint density at radius 2 is 1.89 bits per heavy atom. The molecule has 3 atom stereocenters. The number of fused-ring (bicyclic) bond motifs is 1. The molecule has 1 aliphatic rings. The number of hydrogen-bond acceptors (Lipinski definition) is 3. The monoisotopic (exact) mass is 242 g/mol. The van der Waals surface area contributed by atoms with E-state index in [9.17, 15) is 0 Å². The number of benzene rings is 1. The lowest BCUT2D eigenvalue weighted by atomic mass is 9.87. The normalized spacial score (nSPS) is 26.1. The van der Waals surface area contributed by atoms with Crippen molar-refractivity contribution in [2.24, 2.45) is 5.92 Å². The fraction of sp³-hybridized carbons (Fsp3) is 0.400. The summed E-state index contributed by atoms with van der Waals surface area (Å²) in [6.45, 7) is 4.59. The number of nitrogens with zero attached hydrogens (tertiary/aromatic N) is 1. The first-order valence-electron chi connectivity index (χ1n) is 6.45. The summed E-state index contributed by atoms with van der Waals surface area (Å²) in [5.41, 5.74) is 4.86. The quantitative estimate of drug-likeness (QED) is 0.874. The van der Waals surface area contributed by atoms with Crippen molar-refractivity contribution in [3.63, 3.8) is 0 Å². The molecule has 3 nitrogen and oxygen atoms in total. The van der Waals surface area contributed by atoms with Gasteiger partial charge in [-0.3, -0.25) is 0 Å².